The smallest absolute Gasteiger partial charge is 0.0543 e. The van der Waals surface area contributed by atoms with Crippen molar-refractivity contribution < 1.29 is 40.2 Å². The zero-order chi connectivity index (χ0) is 82.3. The fourth-order valence-corrected chi connectivity index (χ4v) is 16.0. The fraction of sp³-hybridized carbons (Fsp3) is 0.252. The summed E-state index contributed by atoms with van der Waals surface area (Å²) in [6.07, 6.45) is 28.4. The molecule has 0 amide bonds. The van der Waals surface area contributed by atoms with Crippen molar-refractivity contribution in [2.45, 2.75) is 192 Å². The summed E-state index contributed by atoms with van der Waals surface area (Å²) in [5, 5.41) is 2.54. The number of hydrogen-bond donors (Lipinski definition) is 0. The van der Waals surface area contributed by atoms with Crippen molar-refractivity contribution in [3.63, 3.8) is 0 Å². The molecule has 0 bridgehead atoms. The van der Waals surface area contributed by atoms with Gasteiger partial charge in [0, 0.05) is 86.9 Å². The van der Waals surface area contributed by atoms with Crippen molar-refractivity contribution in [1.29, 1.82) is 0 Å². The van der Waals surface area contributed by atoms with Crippen LogP contribution in [0.4, 0.5) is 0 Å². The molecule has 5 nitrogen and oxygen atoms in total. The van der Waals surface area contributed by atoms with Crippen LogP contribution in [0.2, 0.25) is 0 Å². The first-order valence-electron chi connectivity index (χ1n) is 43.2. The molecule has 0 fully saturated rings. The Labute approximate surface area is 758 Å². The van der Waals surface area contributed by atoms with E-state index >= 15 is 0 Å². The number of nitrogens with zero attached hydrogens (tertiary/aromatic N) is 5. The SMILES string of the molecule is C.C.CC.CCC.CCCCCCCCC1(CCCCCCCC)c2cc(C)ccc2-c2ccc(-c3c[c-]c(-c4ccc(C)cn4)cc3)cc21.Cc1ccc(-c2[c-]cc(-c3ccc4c5ccc(C)cc5n(-c5ccccc5)c4c3)cc2)nc1.[Ir].[Ir].[c-]1ccccc1-c1ccccn1.[c-]1ccccc1-c1ccccn1.c1ccc2c(c1)Cc1ccccc1-2. The fourth-order valence-electron chi connectivity index (χ4n) is 16.0. The molecule has 2 aliphatic carbocycles. The Bertz CT molecular complexity index is 5500. The third-order valence-electron chi connectivity index (χ3n) is 22.0. The van der Waals surface area contributed by atoms with Gasteiger partial charge in [0.2, 0.25) is 0 Å². The van der Waals surface area contributed by atoms with Gasteiger partial charge in [-0.3, -0.25) is 0 Å². The maximum absolute atomic E-state index is 4.62. The number of hydrogen-bond acceptors (Lipinski definition) is 4. The Kier molecular flexibility index (Phi) is 39.5. The second-order valence-electron chi connectivity index (χ2n) is 31.0. The van der Waals surface area contributed by atoms with Gasteiger partial charge in [-0.15, -0.1) is 131 Å². The van der Waals surface area contributed by atoms with Crippen LogP contribution < -0.4 is 0 Å². The van der Waals surface area contributed by atoms with Crippen LogP contribution in [0, 0.1) is 52.0 Å². The number of benzene rings is 11. The van der Waals surface area contributed by atoms with Crippen molar-refractivity contribution in [3.05, 3.63) is 391 Å². The first-order valence-corrected chi connectivity index (χ1v) is 43.2. The Morgan fingerprint density at radius 1 is 0.328 bits per heavy atom. The van der Waals surface area contributed by atoms with E-state index in [0.29, 0.717) is 0 Å². The number of fused-ring (bicyclic) bond motifs is 9. The molecule has 630 valence electrons. The number of para-hydroxylation sites is 1. The van der Waals surface area contributed by atoms with E-state index in [1.54, 1.807) is 23.5 Å². The normalized spacial score (nSPS) is 11.1. The first-order chi connectivity index (χ1) is 58.0. The summed E-state index contributed by atoms with van der Waals surface area (Å²) < 4.78 is 2.37. The second kappa shape index (κ2) is 49.9. The van der Waals surface area contributed by atoms with Gasteiger partial charge in [-0.05, 0) is 167 Å². The Morgan fingerprint density at radius 3 is 1.19 bits per heavy atom. The third kappa shape index (κ3) is 25.2. The van der Waals surface area contributed by atoms with E-state index in [2.05, 4.69) is 310 Å². The molecule has 5 heterocycles. The molecule has 11 aromatic carbocycles. The minimum absolute atomic E-state index is 0. The molecular weight excluding hydrogens is 1840 g/mol. The largest absolute Gasteiger partial charge is 0.309 e. The van der Waals surface area contributed by atoms with Crippen LogP contribution in [0.25, 0.3) is 117 Å². The van der Waals surface area contributed by atoms with Crippen LogP contribution >= 0.6 is 0 Å². The summed E-state index contributed by atoms with van der Waals surface area (Å²) in [4.78, 5) is 17.6. The van der Waals surface area contributed by atoms with E-state index in [4.69, 9.17) is 0 Å². The molecule has 0 unspecified atom stereocenters. The molecule has 0 aliphatic heterocycles. The van der Waals surface area contributed by atoms with E-state index in [0.717, 1.165) is 62.6 Å². The van der Waals surface area contributed by atoms with Crippen molar-refractivity contribution >= 4 is 21.8 Å². The van der Waals surface area contributed by atoms with Crippen LogP contribution in [-0.4, -0.2) is 24.5 Å². The van der Waals surface area contributed by atoms with Crippen LogP contribution in [0.1, 0.15) is 197 Å². The molecule has 2 aliphatic rings. The van der Waals surface area contributed by atoms with E-state index in [1.807, 2.05) is 117 Å². The average molecular weight is 1960 g/mol. The molecule has 0 atom stereocenters. The summed E-state index contributed by atoms with van der Waals surface area (Å²) in [5.74, 6) is 0. The van der Waals surface area contributed by atoms with Crippen molar-refractivity contribution in [1.82, 2.24) is 24.5 Å². The molecule has 0 N–H and O–H groups in total. The van der Waals surface area contributed by atoms with Crippen molar-refractivity contribution in [3.8, 4) is 95.2 Å². The summed E-state index contributed by atoms with van der Waals surface area (Å²) in [5.41, 5.74) is 33.4. The van der Waals surface area contributed by atoms with E-state index in [1.165, 1.54) is 191 Å². The third-order valence-corrected chi connectivity index (χ3v) is 22.0. The molecule has 2 radical (unpaired) electrons. The van der Waals surface area contributed by atoms with Gasteiger partial charge < -0.3 is 24.5 Å². The summed E-state index contributed by atoms with van der Waals surface area (Å²) >= 11 is 0. The number of pyridine rings is 4. The van der Waals surface area contributed by atoms with Gasteiger partial charge >= 0.3 is 0 Å². The molecule has 0 saturated heterocycles. The second-order valence-corrected chi connectivity index (χ2v) is 31.0. The quantitative estimate of drug-likeness (QED) is 0.0531. The topological polar surface area (TPSA) is 56.5 Å². The summed E-state index contributed by atoms with van der Waals surface area (Å²) in [6.45, 7) is 21.4. The van der Waals surface area contributed by atoms with Crippen LogP contribution in [0.5, 0.6) is 0 Å². The minimum Gasteiger partial charge on any atom is -0.309 e. The van der Waals surface area contributed by atoms with Gasteiger partial charge in [0.05, 0.1) is 11.0 Å². The van der Waals surface area contributed by atoms with Gasteiger partial charge in [0.15, 0.2) is 0 Å². The summed E-state index contributed by atoms with van der Waals surface area (Å²) in [6, 6.07) is 118. The van der Waals surface area contributed by atoms with Crippen LogP contribution in [0.3, 0.4) is 0 Å². The molecule has 122 heavy (non-hydrogen) atoms. The van der Waals surface area contributed by atoms with Crippen LogP contribution in [0.15, 0.2) is 322 Å². The molecule has 5 aromatic heterocycles. The van der Waals surface area contributed by atoms with Gasteiger partial charge in [0.1, 0.15) is 0 Å². The average Bonchev–Trinajstić information content (AvgIpc) is 1.57. The number of aromatic nitrogens is 5. The zero-order valence-electron chi connectivity index (χ0n) is 71.8. The van der Waals surface area contributed by atoms with Gasteiger partial charge in [-0.25, -0.2) is 0 Å². The Hall–Kier alpha value is -10.9. The van der Waals surface area contributed by atoms with E-state index in [-0.39, 0.29) is 60.5 Å². The van der Waals surface area contributed by atoms with Gasteiger partial charge in [-0.1, -0.05) is 344 Å². The van der Waals surface area contributed by atoms with Crippen molar-refractivity contribution in [2.75, 3.05) is 0 Å². The summed E-state index contributed by atoms with van der Waals surface area (Å²) in [7, 11) is 0. The van der Waals surface area contributed by atoms with E-state index < -0.39 is 0 Å². The predicted octanol–water partition coefficient (Wildman–Crippen LogP) is 32.6. The Morgan fingerprint density at radius 2 is 0.721 bits per heavy atom. The minimum atomic E-state index is 0. The molecule has 7 heteroatoms. The number of rotatable bonds is 21. The predicted molar refractivity (Wildman–Crippen MR) is 516 cm³/mol. The van der Waals surface area contributed by atoms with Gasteiger partial charge in [0.25, 0.3) is 0 Å². The standard InChI is InChI=1S/C42H52N.C31H23N2.C13H10.2C11H8N.C3H8.C2H6.2CH4.2Ir/c1-5-7-9-11-13-15-27-42(28-16-14-12-10-8-6-2)39-29-32(3)17-24-37(39)38-25-23-36(30-40(38)42)34-19-21-35(22-20-34)41-26-18-33(4)31-43-41;1-21-8-15-27-28-16-14-25(19-31(28)33(30(27)18-21)26-6-4-3-5-7-26)23-10-12-24(13-11-23)29-17-9-22(2)20-32-29;1-3-7-12-10(5-1)9-11-6-2-4-8-13(11)12;2*1-2-6-10(7-3-1)11-8-4-5-9-12-11;1-3-2;1-2;;;;/h17-21,23-26,29-31H,5-16,27-28H2,1-4H3;3-12,14-20H,1-2H3;1-8H,9H2;2*1-6,8-9H;3H2,1-2H3;1-2H3;2*1H4;;/q2*-1;;2*-1;;;;;;. The number of aryl methyl sites for hydroxylation is 4. The molecule has 16 aromatic rings. The Balaban J connectivity index is 0.000000204. The van der Waals surface area contributed by atoms with Gasteiger partial charge in [-0.2, -0.15) is 0 Å². The van der Waals surface area contributed by atoms with Crippen LogP contribution in [-0.2, 0) is 52.0 Å². The van der Waals surface area contributed by atoms with Crippen molar-refractivity contribution in [2.24, 2.45) is 0 Å². The zero-order valence-corrected chi connectivity index (χ0v) is 76.6. The number of unbranched alkanes of at least 4 members (excludes halogenated alkanes) is 10. The molecule has 0 saturated carbocycles. The maximum atomic E-state index is 4.62. The molecule has 18 rings (SSSR count). The molecule has 0 spiro atoms. The van der Waals surface area contributed by atoms with E-state index in [9.17, 15) is 0 Å². The maximum Gasteiger partial charge on any atom is 0.0543 e. The first kappa shape index (κ1) is 96.6. The molecular formula is C115H123Ir2N5-4. The monoisotopic (exact) mass is 1960 g/mol.